The molecule has 1 fully saturated rings. The van der Waals surface area contributed by atoms with E-state index in [1.54, 1.807) is 0 Å². The topological polar surface area (TPSA) is 24.1 Å². The molecule has 21 heavy (non-hydrogen) atoms. The van der Waals surface area contributed by atoms with E-state index in [9.17, 15) is 0 Å². The van der Waals surface area contributed by atoms with Gasteiger partial charge in [-0.2, -0.15) is 0 Å². The van der Waals surface area contributed by atoms with Crippen molar-refractivity contribution in [3.8, 4) is 0 Å². The first-order valence-electron chi connectivity index (χ1n) is 7.94. The zero-order chi connectivity index (χ0) is 14.5. The molecule has 0 radical (unpaired) electrons. The molecule has 2 aromatic carbocycles. The minimum atomic E-state index is 0.642. The van der Waals surface area contributed by atoms with Crippen LogP contribution in [0.4, 0.5) is 0 Å². The van der Waals surface area contributed by atoms with Crippen LogP contribution in [0.5, 0.6) is 0 Å². The predicted molar refractivity (Wildman–Crippen MR) is 90.4 cm³/mol. The van der Waals surface area contributed by atoms with Gasteiger partial charge >= 0.3 is 0 Å². The van der Waals surface area contributed by atoms with Crippen LogP contribution in [0, 0.1) is 5.92 Å². The molecule has 2 nitrogen and oxygen atoms in total. The third-order valence-electron chi connectivity index (χ3n) is 4.41. The summed E-state index contributed by atoms with van der Waals surface area (Å²) in [6.07, 6.45) is 3.47. The van der Waals surface area contributed by atoms with E-state index in [0.717, 1.165) is 26.1 Å². The van der Waals surface area contributed by atoms with Crippen LogP contribution in [0.15, 0.2) is 54.7 Å². The Morgan fingerprint density at radius 2 is 1.86 bits per heavy atom. The number of hydrogen-bond donors (Lipinski definition) is 2. The molecule has 1 heterocycles. The molecule has 0 atom stereocenters. The summed E-state index contributed by atoms with van der Waals surface area (Å²) in [7, 11) is 0. The zero-order valence-electron chi connectivity index (χ0n) is 12.6. The second-order valence-corrected chi connectivity index (χ2v) is 5.91. The maximum absolute atomic E-state index is 4.22. The van der Waals surface area contributed by atoms with Crippen molar-refractivity contribution in [1.29, 1.82) is 0 Å². The normalized spacial score (nSPS) is 16.0. The van der Waals surface area contributed by atoms with Gasteiger partial charge in [0, 0.05) is 18.2 Å². The van der Waals surface area contributed by atoms with Crippen LogP contribution in [0.2, 0.25) is 0 Å². The van der Waals surface area contributed by atoms with Gasteiger partial charge in [-0.15, -0.1) is 0 Å². The molecule has 0 aliphatic carbocycles. The van der Waals surface area contributed by atoms with Gasteiger partial charge in [0.2, 0.25) is 0 Å². The summed E-state index contributed by atoms with van der Waals surface area (Å²) < 4.78 is 0. The second kappa shape index (κ2) is 6.77. The zero-order valence-corrected chi connectivity index (χ0v) is 12.6. The molecule has 2 aromatic rings. The van der Waals surface area contributed by atoms with Gasteiger partial charge in [0.1, 0.15) is 0 Å². The Balaban J connectivity index is 1.53. The Labute approximate surface area is 127 Å². The number of hydrogen-bond acceptors (Lipinski definition) is 2. The standard InChI is InChI=1S/C19H24N2/c1-15(17-9-11-20-12-10-17)21-13-8-16-6-7-18-4-2-3-5-19(18)14-16/h2-7,14,17,20-21H,1,8-13H2. The SMILES string of the molecule is C=C(NCCc1ccc2ccccc2c1)C1CCNCC1. The summed E-state index contributed by atoms with van der Waals surface area (Å²) in [5.41, 5.74) is 2.61. The second-order valence-electron chi connectivity index (χ2n) is 5.91. The Morgan fingerprint density at radius 3 is 2.67 bits per heavy atom. The third kappa shape index (κ3) is 3.64. The number of fused-ring (bicyclic) bond motifs is 1. The van der Waals surface area contributed by atoms with Gasteiger partial charge in [0.25, 0.3) is 0 Å². The highest BCUT2D eigenvalue weighted by molar-refractivity contribution is 5.82. The molecule has 0 bridgehead atoms. The summed E-state index contributed by atoms with van der Waals surface area (Å²) in [4.78, 5) is 0. The fraction of sp³-hybridized carbons (Fsp3) is 0.368. The van der Waals surface area contributed by atoms with Crippen molar-refractivity contribution < 1.29 is 0 Å². The summed E-state index contributed by atoms with van der Waals surface area (Å²) >= 11 is 0. The summed E-state index contributed by atoms with van der Waals surface area (Å²) in [6, 6.07) is 15.3. The number of allylic oxidation sites excluding steroid dienone is 1. The minimum Gasteiger partial charge on any atom is -0.388 e. The van der Waals surface area contributed by atoms with Gasteiger partial charge in [0.15, 0.2) is 0 Å². The first-order valence-corrected chi connectivity index (χ1v) is 7.94. The highest BCUT2D eigenvalue weighted by atomic mass is 14.9. The van der Waals surface area contributed by atoms with Gasteiger partial charge in [-0.1, -0.05) is 49.0 Å². The molecule has 1 saturated heterocycles. The van der Waals surface area contributed by atoms with E-state index in [-0.39, 0.29) is 0 Å². The molecule has 3 rings (SSSR count). The van der Waals surface area contributed by atoms with Crippen molar-refractivity contribution in [3.05, 3.63) is 60.3 Å². The molecule has 0 spiro atoms. The van der Waals surface area contributed by atoms with E-state index < -0.39 is 0 Å². The van der Waals surface area contributed by atoms with Crippen LogP contribution in [-0.2, 0) is 6.42 Å². The van der Waals surface area contributed by atoms with Crippen molar-refractivity contribution in [2.75, 3.05) is 19.6 Å². The van der Waals surface area contributed by atoms with E-state index in [1.807, 2.05) is 0 Å². The Kier molecular flexibility index (Phi) is 4.56. The Bertz CT molecular complexity index is 612. The van der Waals surface area contributed by atoms with Crippen LogP contribution in [0.3, 0.4) is 0 Å². The van der Waals surface area contributed by atoms with Gasteiger partial charge in [-0.3, -0.25) is 0 Å². The maximum Gasteiger partial charge on any atom is 0.0184 e. The quantitative estimate of drug-likeness (QED) is 0.876. The number of rotatable bonds is 5. The number of benzene rings is 2. The monoisotopic (exact) mass is 280 g/mol. The maximum atomic E-state index is 4.22. The molecular weight excluding hydrogens is 256 g/mol. The average molecular weight is 280 g/mol. The van der Waals surface area contributed by atoms with Gasteiger partial charge in [-0.05, 0) is 48.7 Å². The lowest BCUT2D eigenvalue weighted by molar-refractivity contribution is 0.403. The van der Waals surface area contributed by atoms with E-state index in [2.05, 4.69) is 59.7 Å². The molecular formula is C19H24N2. The van der Waals surface area contributed by atoms with Gasteiger partial charge < -0.3 is 10.6 Å². The van der Waals surface area contributed by atoms with Crippen molar-refractivity contribution in [3.63, 3.8) is 0 Å². The lowest BCUT2D eigenvalue weighted by atomic mass is 9.95. The first-order chi connectivity index (χ1) is 10.3. The highest BCUT2D eigenvalue weighted by Crippen LogP contribution is 2.18. The summed E-state index contributed by atoms with van der Waals surface area (Å²) in [5, 5.41) is 9.57. The highest BCUT2D eigenvalue weighted by Gasteiger charge is 2.15. The lowest BCUT2D eigenvalue weighted by Crippen LogP contribution is -2.32. The van der Waals surface area contributed by atoms with Crippen LogP contribution in [0.1, 0.15) is 18.4 Å². The van der Waals surface area contributed by atoms with Crippen molar-refractivity contribution in [2.24, 2.45) is 5.92 Å². The Hall–Kier alpha value is -1.80. The first kappa shape index (κ1) is 14.2. The molecule has 2 heteroatoms. The Morgan fingerprint density at radius 1 is 1.10 bits per heavy atom. The molecule has 0 amide bonds. The van der Waals surface area contributed by atoms with E-state index in [4.69, 9.17) is 0 Å². The van der Waals surface area contributed by atoms with E-state index in [1.165, 1.54) is 34.9 Å². The molecule has 0 aromatic heterocycles. The summed E-state index contributed by atoms with van der Waals surface area (Å²) in [6.45, 7) is 7.44. The van der Waals surface area contributed by atoms with Crippen molar-refractivity contribution in [2.45, 2.75) is 19.3 Å². The average Bonchev–Trinajstić information content (AvgIpc) is 2.55. The number of nitrogens with one attached hydrogen (secondary N) is 2. The van der Waals surface area contributed by atoms with Crippen molar-refractivity contribution >= 4 is 10.8 Å². The fourth-order valence-corrected chi connectivity index (χ4v) is 3.08. The lowest BCUT2D eigenvalue weighted by Gasteiger charge is -2.25. The minimum absolute atomic E-state index is 0.642. The van der Waals surface area contributed by atoms with Crippen LogP contribution in [-0.4, -0.2) is 19.6 Å². The van der Waals surface area contributed by atoms with E-state index in [0.29, 0.717) is 5.92 Å². The molecule has 0 unspecified atom stereocenters. The molecule has 1 aliphatic rings. The van der Waals surface area contributed by atoms with Crippen LogP contribution >= 0.6 is 0 Å². The third-order valence-corrected chi connectivity index (χ3v) is 4.41. The van der Waals surface area contributed by atoms with Crippen LogP contribution in [0.25, 0.3) is 10.8 Å². The van der Waals surface area contributed by atoms with Crippen LogP contribution < -0.4 is 10.6 Å². The fourth-order valence-electron chi connectivity index (χ4n) is 3.08. The molecule has 1 aliphatic heterocycles. The largest absolute Gasteiger partial charge is 0.388 e. The van der Waals surface area contributed by atoms with Gasteiger partial charge in [-0.25, -0.2) is 0 Å². The smallest absolute Gasteiger partial charge is 0.0184 e. The molecule has 0 saturated carbocycles. The predicted octanol–water partition coefficient (Wildman–Crippen LogP) is 3.49. The molecule has 2 N–H and O–H groups in total. The van der Waals surface area contributed by atoms with Crippen molar-refractivity contribution in [1.82, 2.24) is 10.6 Å². The summed E-state index contributed by atoms with van der Waals surface area (Å²) in [5.74, 6) is 0.642. The van der Waals surface area contributed by atoms with E-state index >= 15 is 0 Å². The van der Waals surface area contributed by atoms with Gasteiger partial charge in [0.05, 0.1) is 0 Å². The molecule has 110 valence electrons. The number of piperidine rings is 1.